The first-order valence-corrected chi connectivity index (χ1v) is 5.03. The summed E-state index contributed by atoms with van der Waals surface area (Å²) in [4.78, 5) is 11.0. The molecule has 3 nitrogen and oxygen atoms in total. The monoisotopic (exact) mass is 244 g/mol. The average molecular weight is 245 g/mol. The SMILES string of the molecule is CC(=O)Cc1c(Br)cnn1C(C)C. The Morgan fingerprint density at radius 2 is 2.31 bits per heavy atom. The number of aromatic nitrogens is 2. The van der Waals surface area contributed by atoms with Crippen molar-refractivity contribution in [3.8, 4) is 0 Å². The van der Waals surface area contributed by atoms with Crippen molar-refractivity contribution in [1.29, 1.82) is 0 Å². The van der Waals surface area contributed by atoms with Crippen LogP contribution in [0.4, 0.5) is 0 Å². The zero-order valence-electron chi connectivity index (χ0n) is 8.04. The molecule has 0 fully saturated rings. The highest BCUT2D eigenvalue weighted by atomic mass is 79.9. The van der Waals surface area contributed by atoms with Gasteiger partial charge in [0.1, 0.15) is 5.78 Å². The molecule has 0 aliphatic rings. The van der Waals surface area contributed by atoms with Crippen LogP contribution < -0.4 is 0 Å². The summed E-state index contributed by atoms with van der Waals surface area (Å²) in [7, 11) is 0. The lowest BCUT2D eigenvalue weighted by molar-refractivity contribution is -0.116. The Bertz CT molecular complexity index is 317. The van der Waals surface area contributed by atoms with E-state index in [0.717, 1.165) is 10.2 Å². The first kappa shape index (κ1) is 10.4. The van der Waals surface area contributed by atoms with Crippen molar-refractivity contribution < 1.29 is 4.79 Å². The van der Waals surface area contributed by atoms with E-state index in [9.17, 15) is 4.79 Å². The van der Waals surface area contributed by atoms with Gasteiger partial charge in [-0.1, -0.05) is 0 Å². The highest BCUT2D eigenvalue weighted by molar-refractivity contribution is 9.10. The lowest BCUT2D eigenvalue weighted by Crippen LogP contribution is -2.10. The van der Waals surface area contributed by atoms with Gasteiger partial charge in [-0.15, -0.1) is 0 Å². The van der Waals surface area contributed by atoms with Gasteiger partial charge in [-0.25, -0.2) is 0 Å². The van der Waals surface area contributed by atoms with Gasteiger partial charge in [0.2, 0.25) is 0 Å². The predicted molar refractivity (Wildman–Crippen MR) is 54.7 cm³/mol. The maximum Gasteiger partial charge on any atom is 0.135 e. The van der Waals surface area contributed by atoms with Crippen molar-refractivity contribution in [3.05, 3.63) is 16.4 Å². The van der Waals surface area contributed by atoms with Gasteiger partial charge in [-0.2, -0.15) is 5.10 Å². The Hall–Kier alpha value is -0.640. The van der Waals surface area contributed by atoms with Crippen LogP contribution in [-0.2, 0) is 11.2 Å². The van der Waals surface area contributed by atoms with Crippen LogP contribution in [0.3, 0.4) is 0 Å². The molecule has 0 saturated heterocycles. The summed E-state index contributed by atoms with van der Waals surface area (Å²) in [5.74, 6) is 0.156. The first-order chi connectivity index (χ1) is 6.02. The zero-order chi connectivity index (χ0) is 10.0. The Morgan fingerprint density at radius 1 is 1.69 bits per heavy atom. The molecule has 72 valence electrons. The number of Topliss-reactive ketones (excluding diaryl/α,β-unsaturated/α-hetero) is 1. The van der Waals surface area contributed by atoms with Crippen LogP contribution >= 0.6 is 15.9 Å². The van der Waals surface area contributed by atoms with E-state index in [-0.39, 0.29) is 5.78 Å². The number of ketones is 1. The summed E-state index contributed by atoms with van der Waals surface area (Å²) < 4.78 is 2.78. The summed E-state index contributed by atoms with van der Waals surface area (Å²) in [6, 6.07) is 0.292. The largest absolute Gasteiger partial charge is 0.300 e. The molecule has 0 N–H and O–H groups in total. The molecule has 13 heavy (non-hydrogen) atoms. The Balaban J connectivity index is 3.01. The lowest BCUT2D eigenvalue weighted by atomic mass is 10.2. The van der Waals surface area contributed by atoms with E-state index in [1.807, 2.05) is 18.5 Å². The minimum absolute atomic E-state index is 0.156. The molecule has 0 aromatic carbocycles. The molecule has 1 rings (SSSR count). The fraction of sp³-hybridized carbons (Fsp3) is 0.556. The number of halogens is 1. The van der Waals surface area contributed by atoms with Gasteiger partial charge >= 0.3 is 0 Å². The molecule has 0 amide bonds. The highest BCUT2D eigenvalue weighted by Crippen LogP contribution is 2.19. The molecule has 4 heteroatoms. The number of nitrogens with zero attached hydrogens (tertiary/aromatic N) is 2. The van der Waals surface area contributed by atoms with E-state index in [2.05, 4.69) is 21.0 Å². The number of rotatable bonds is 3. The van der Waals surface area contributed by atoms with Crippen molar-refractivity contribution in [2.45, 2.75) is 33.2 Å². The van der Waals surface area contributed by atoms with Gasteiger partial charge in [0.25, 0.3) is 0 Å². The molecular weight excluding hydrogens is 232 g/mol. The lowest BCUT2D eigenvalue weighted by Gasteiger charge is -2.09. The van der Waals surface area contributed by atoms with E-state index in [1.54, 1.807) is 13.1 Å². The fourth-order valence-corrected chi connectivity index (χ4v) is 1.63. The summed E-state index contributed by atoms with van der Waals surface area (Å²) in [6.07, 6.45) is 2.18. The van der Waals surface area contributed by atoms with E-state index in [0.29, 0.717) is 12.5 Å². The number of hydrogen-bond donors (Lipinski definition) is 0. The molecule has 1 aromatic rings. The molecule has 0 saturated carbocycles. The first-order valence-electron chi connectivity index (χ1n) is 4.23. The van der Waals surface area contributed by atoms with Gasteiger partial charge in [0.05, 0.1) is 16.4 Å². The predicted octanol–water partition coefficient (Wildman–Crippen LogP) is 2.36. The summed E-state index contributed by atoms with van der Waals surface area (Å²) in [6.45, 7) is 5.68. The molecule has 0 spiro atoms. The third kappa shape index (κ3) is 2.40. The molecule has 0 bridgehead atoms. The van der Waals surface area contributed by atoms with Crippen molar-refractivity contribution in [2.24, 2.45) is 0 Å². The van der Waals surface area contributed by atoms with Crippen LogP contribution in [0.2, 0.25) is 0 Å². The number of carbonyl (C=O) groups is 1. The Morgan fingerprint density at radius 3 is 2.77 bits per heavy atom. The maximum atomic E-state index is 11.0. The maximum absolute atomic E-state index is 11.0. The van der Waals surface area contributed by atoms with Crippen molar-refractivity contribution >= 4 is 21.7 Å². The van der Waals surface area contributed by atoms with E-state index < -0.39 is 0 Å². The van der Waals surface area contributed by atoms with E-state index in [4.69, 9.17) is 0 Å². The van der Waals surface area contributed by atoms with Gasteiger partial charge in [0, 0.05) is 12.5 Å². The summed E-state index contributed by atoms with van der Waals surface area (Å²) in [5, 5.41) is 4.19. The molecule has 1 heterocycles. The quantitative estimate of drug-likeness (QED) is 0.819. The van der Waals surface area contributed by atoms with Gasteiger partial charge < -0.3 is 0 Å². The third-order valence-corrected chi connectivity index (χ3v) is 2.42. The second-order valence-corrected chi connectivity index (χ2v) is 4.21. The minimum atomic E-state index is 0.156. The highest BCUT2D eigenvalue weighted by Gasteiger charge is 2.12. The van der Waals surface area contributed by atoms with Gasteiger partial charge in [0.15, 0.2) is 0 Å². The summed E-state index contributed by atoms with van der Waals surface area (Å²) >= 11 is 3.38. The summed E-state index contributed by atoms with van der Waals surface area (Å²) in [5.41, 5.74) is 0.961. The molecule has 0 unspecified atom stereocenters. The van der Waals surface area contributed by atoms with Crippen LogP contribution in [0.5, 0.6) is 0 Å². The third-order valence-electron chi connectivity index (χ3n) is 1.75. The second-order valence-electron chi connectivity index (χ2n) is 3.36. The second kappa shape index (κ2) is 4.05. The van der Waals surface area contributed by atoms with Crippen LogP contribution in [0, 0.1) is 0 Å². The van der Waals surface area contributed by atoms with Crippen LogP contribution in [-0.4, -0.2) is 15.6 Å². The van der Waals surface area contributed by atoms with Crippen LogP contribution in [0.25, 0.3) is 0 Å². The Labute approximate surface area is 86.3 Å². The number of hydrogen-bond acceptors (Lipinski definition) is 2. The normalized spacial score (nSPS) is 10.8. The van der Waals surface area contributed by atoms with E-state index in [1.165, 1.54) is 0 Å². The topological polar surface area (TPSA) is 34.9 Å². The molecule has 1 aromatic heterocycles. The van der Waals surface area contributed by atoms with Crippen molar-refractivity contribution in [2.75, 3.05) is 0 Å². The zero-order valence-corrected chi connectivity index (χ0v) is 9.63. The van der Waals surface area contributed by atoms with E-state index >= 15 is 0 Å². The van der Waals surface area contributed by atoms with Crippen LogP contribution in [0.15, 0.2) is 10.7 Å². The van der Waals surface area contributed by atoms with Crippen LogP contribution in [0.1, 0.15) is 32.5 Å². The molecule has 0 atom stereocenters. The smallest absolute Gasteiger partial charge is 0.135 e. The molecule has 0 radical (unpaired) electrons. The number of carbonyl (C=O) groups excluding carboxylic acids is 1. The standard InChI is InChI=1S/C9H13BrN2O/c1-6(2)12-9(4-7(3)13)8(10)5-11-12/h5-6H,4H2,1-3H3. The van der Waals surface area contributed by atoms with Crippen molar-refractivity contribution in [1.82, 2.24) is 9.78 Å². The van der Waals surface area contributed by atoms with Crippen molar-refractivity contribution in [3.63, 3.8) is 0 Å². The minimum Gasteiger partial charge on any atom is -0.300 e. The molecule has 0 aliphatic heterocycles. The molecule has 0 aliphatic carbocycles. The Kier molecular flexibility index (Phi) is 3.25. The average Bonchev–Trinajstić information content (AvgIpc) is 2.32. The molecular formula is C9H13BrN2O. The van der Waals surface area contributed by atoms with Gasteiger partial charge in [-0.05, 0) is 36.7 Å². The fourth-order valence-electron chi connectivity index (χ4n) is 1.21. The van der Waals surface area contributed by atoms with Gasteiger partial charge in [-0.3, -0.25) is 9.48 Å².